The number of rotatable bonds is 8. The van der Waals surface area contributed by atoms with Crippen LogP contribution >= 0.6 is 0 Å². The van der Waals surface area contributed by atoms with Crippen LogP contribution in [0.15, 0.2) is 143 Å². The second-order valence-electron chi connectivity index (χ2n) is 10.6. The van der Waals surface area contributed by atoms with Crippen molar-refractivity contribution in [2.75, 3.05) is 14.2 Å². The van der Waals surface area contributed by atoms with Gasteiger partial charge in [0, 0.05) is 12.1 Å². The van der Waals surface area contributed by atoms with Crippen LogP contribution in [0, 0.1) is 0 Å². The summed E-state index contributed by atoms with van der Waals surface area (Å²) in [5.41, 5.74) is 9.38. The van der Waals surface area contributed by atoms with Crippen molar-refractivity contribution in [3.8, 4) is 56.4 Å². The molecule has 0 spiro atoms. The zero-order chi connectivity index (χ0) is 34.3. The zero-order valence-electron chi connectivity index (χ0n) is 27.5. The molecule has 244 valence electrons. The van der Waals surface area contributed by atoms with Gasteiger partial charge in [0.1, 0.15) is 18.9 Å². The Bertz CT molecular complexity index is 1560. The van der Waals surface area contributed by atoms with Gasteiger partial charge in [0.25, 0.3) is 0 Å². The number of ether oxygens (including phenoxy) is 2. The molecule has 0 amide bonds. The van der Waals surface area contributed by atoms with E-state index in [4.69, 9.17) is 28.4 Å². The molecule has 0 aliphatic heterocycles. The van der Waals surface area contributed by atoms with Crippen molar-refractivity contribution in [1.82, 2.24) is 0 Å². The van der Waals surface area contributed by atoms with E-state index in [1.807, 2.05) is 36.4 Å². The molecule has 48 heavy (non-hydrogen) atoms. The summed E-state index contributed by atoms with van der Waals surface area (Å²) in [5, 5.41) is 16.6. The number of aryl methyl sites for hydroxylation is 2. The fourth-order valence-electron chi connectivity index (χ4n) is 4.85. The highest BCUT2D eigenvalue weighted by Crippen LogP contribution is 2.29. The molecule has 0 unspecified atom stereocenters. The Morgan fingerprint density at radius 3 is 1.10 bits per heavy atom. The fraction of sp³-hybridized carbons (Fsp3) is 0.150. The van der Waals surface area contributed by atoms with E-state index < -0.39 is 7.40 Å². The van der Waals surface area contributed by atoms with Crippen LogP contribution in [0.4, 0.5) is 4.32 Å². The van der Waals surface area contributed by atoms with Crippen molar-refractivity contribution in [2.24, 2.45) is 0 Å². The molecule has 0 radical (unpaired) electrons. The highest BCUT2D eigenvalue weighted by atomic mass is 19.1. The van der Waals surface area contributed by atoms with E-state index in [9.17, 15) is 4.32 Å². The second-order valence-corrected chi connectivity index (χ2v) is 10.6. The first kappa shape index (κ1) is 35.5. The van der Waals surface area contributed by atoms with Gasteiger partial charge < -0.3 is 23.8 Å². The summed E-state index contributed by atoms with van der Waals surface area (Å²) < 4.78 is 31.6. The van der Waals surface area contributed by atoms with Crippen LogP contribution in [0.5, 0.6) is 11.5 Å². The third-order valence-electron chi connectivity index (χ3n) is 7.60. The van der Waals surface area contributed by atoms with Crippen molar-refractivity contribution in [1.29, 1.82) is 0 Å². The highest BCUT2D eigenvalue weighted by Gasteiger charge is 2.14. The van der Waals surface area contributed by atoms with Crippen LogP contribution < -0.4 is 19.5 Å². The second kappa shape index (κ2) is 18.1. The molecule has 8 heteroatoms. The molecule has 0 atom stereocenters. The van der Waals surface area contributed by atoms with Crippen molar-refractivity contribution in [3.63, 3.8) is 0 Å². The van der Waals surface area contributed by atoms with Crippen molar-refractivity contribution < 1.29 is 32.7 Å². The number of halogens is 1. The van der Waals surface area contributed by atoms with Crippen LogP contribution in [0.3, 0.4) is 0 Å². The number of hydrogen-bond donors (Lipinski definition) is 0. The number of benzene rings is 4. The predicted molar refractivity (Wildman–Crippen MR) is 187 cm³/mol. The van der Waals surface area contributed by atoms with Crippen LogP contribution in [-0.2, 0) is 12.8 Å². The Labute approximate surface area is 281 Å². The monoisotopic (exact) mass is 644 g/mol. The molecule has 2 aromatic heterocycles. The van der Waals surface area contributed by atoms with Crippen LogP contribution in [-0.4, -0.2) is 21.6 Å². The molecule has 0 N–H and O–H groups in total. The maximum atomic E-state index is 9.89. The molecule has 0 bridgehead atoms. The molecule has 0 fully saturated rings. The fourth-order valence-corrected chi connectivity index (χ4v) is 4.85. The number of hydrogen-bond acceptors (Lipinski definition) is 4. The summed E-state index contributed by atoms with van der Waals surface area (Å²) in [6.45, 7) is 4.31. The molecule has 0 aliphatic carbocycles. The van der Waals surface area contributed by atoms with Gasteiger partial charge in [-0.2, -0.15) is 0 Å². The summed E-state index contributed by atoms with van der Waals surface area (Å²) in [5.74, 6) is 3.46. The summed E-state index contributed by atoms with van der Waals surface area (Å²) in [4.78, 5) is 0. The van der Waals surface area contributed by atoms with Gasteiger partial charge in [-0.05, 0) is 94.8 Å². The first-order valence-corrected chi connectivity index (χ1v) is 15.6. The van der Waals surface area contributed by atoms with E-state index in [0.717, 1.165) is 69.2 Å². The Hall–Kier alpha value is -5.31. The van der Waals surface area contributed by atoms with E-state index in [0.29, 0.717) is 0 Å². The molecule has 6 aromatic rings. The number of methoxy groups -OCH3 is 2. The third kappa shape index (κ3) is 10.4. The lowest BCUT2D eigenvalue weighted by Crippen LogP contribution is -2.39. The maximum Gasteiger partial charge on any atom is 0.360 e. The van der Waals surface area contributed by atoms with Gasteiger partial charge >= 0.3 is 24.0 Å². The van der Waals surface area contributed by atoms with E-state index in [1.54, 1.807) is 26.7 Å². The van der Waals surface area contributed by atoms with Crippen molar-refractivity contribution in [2.45, 2.75) is 26.7 Å². The minimum Gasteiger partial charge on any atom is -0.867 e. The van der Waals surface area contributed by atoms with Gasteiger partial charge in [-0.15, -0.1) is 0 Å². The van der Waals surface area contributed by atoms with E-state index in [2.05, 4.69) is 98.8 Å². The van der Waals surface area contributed by atoms with Crippen LogP contribution in [0.1, 0.15) is 25.0 Å². The Kier molecular flexibility index (Phi) is 13.4. The quantitative estimate of drug-likeness (QED) is 0.122. The lowest BCUT2D eigenvalue weighted by molar-refractivity contribution is -0.366. The summed E-state index contributed by atoms with van der Waals surface area (Å²) in [7, 11) is 0.183. The molecular formula is C40H38BFO6. The Balaban J connectivity index is 0.000000195. The van der Waals surface area contributed by atoms with Crippen LogP contribution in [0.2, 0.25) is 0 Å². The molecule has 0 saturated heterocycles. The summed E-state index contributed by atoms with van der Waals surface area (Å²) in [6, 6.07) is 41.2. The van der Waals surface area contributed by atoms with E-state index in [-0.39, 0.29) is 0 Å². The highest BCUT2D eigenvalue weighted by molar-refractivity contribution is 6.27. The smallest absolute Gasteiger partial charge is 0.360 e. The standard InChI is InChI=1S/2C20H19O2.BFO2/c2*1-3-15-4-6-17(7-5-15)20-14-18(12-13-22-20)16-8-10-19(21-2)11-9-16;2-1(3)4/h2*4-14H,3H2,1-2H3;/q2*+1;-2. The average Bonchev–Trinajstić information content (AvgIpc) is 3.15. The van der Waals surface area contributed by atoms with E-state index >= 15 is 0 Å². The topological polar surface area (TPSA) is 87.2 Å². The first-order chi connectivity index (χ1) is 23.3. The minimum absolute atomic E-state index is 0.861. The van der Waals surface area contributed by atoms with Crippen molar-refractivity contribution in [3.05, 3.63) is 145 Å². The van der Waals surface area contributed by atoms with Crippen molar-refractivity contribution >= 4 is 7.40 Å². The minimum atomic E-state index is -3.17. The molecule has 0 aliphatic rings. The molecule has 6 rings (SSSR count). The van der Waals surface area contributed by atoms with E-state index in [1.165, 1.54) is 11.1 Å². The lowest BCUT2D eigenvalue weighted by Gasteiger charge is -2.09. The molecular weight excluding hydrogens is 606 g/mol. The largest absolute Gasteiger partial charge is 0.867 e. The molecule has 6 nitrogen and oxygen atoms in total. The summed E-state index contributed by atoms with van der Waals surface area (Å²) in [6.07, 6.45) is 5.57. The third-order valence-corrected chi connectivity index (χ3v) is 7.60. The lowest BCUT2D eigenvalue weighted by atomic mass is 10.0. The van der Waals surface area contributed by atoms with Gasteiger partial charge in [0.2, 0.25) is 0 Å². The Morgan fingerprint density at radius 2 is 0.812 bits per heavy atom. The average molecular weight is 645 g/mol. The normalized spacial score (nSPS) is 10.1. The maximum absolute atomic E-state index is 9.89. The summed E-state index contributed by atoms with van der Waals surface area (Å²) >= 11 is 0. The van der Waals surface area contributed by atoms with Gasteiger partial charge in [-0.1, -0.05) is 62.4 Å². The molecule has 4 aromatic carbocycles. The van der Waals surface area contributed by atoms with Gasteiger partial charge in [-0.25, -0.2) is 8.83 Å². The Morgan fingerprint density at radius 1 is 0.500 bits per heavy atom. The molecule has 2 heterocycles. The first-order valence-electron chi connectivity index (χ1n) is 15.6. The molecule has 0 saturated carbocycles. The van der Waals surface area contributed by atoms with Gasteiger partial charge in [0.15, 0.2) is 0 Å². The van der Waals surface area contributed by atoms with Crippen LogP contribution in [0.25, 0.3) is 44.9 Å². The SMILES string of the molecule is CCc1ccc(-c2cc(-c3ccc(OC)cc3)cc[o+]2)cc1.CCc1ccc(-c2cc(-c3ccc(OC)cc3)cc[o+]2)cc1.[O-]B([O-])F. The zero-order valence-corrected chi connectivity index (χ0v) is 27.5. The van der Waals surface area contributed by atoms with Gasteiger partial charge in [-0.3, -0.25) is 0 Å². The van der Waals surface area contributed by atoms with Gasteiger partial charge in [0.05, 0.1) is 37.5 Å². The predicted octanol–water partition coefficient (Wildman–Crippen LogP) is 8.59.